The number of rotatable bonds is 5. The van der Waals surface area contributed by atoms with Crippen molar-refractivity contribution in [1.29, 1.82) is 0 Å². The third kappa shape index (κ3) is 4.21. The van der Waals surface area contributed by atoms with Crippen LogP contribution in [0.4, 0.5) is 10.7 Å². The molecule has 1 aliphatic heterocycles. The predicted molar refractivity (Wildman–Crippen MR) is 123 cm³/mol. The molecule has 2 aliphatic rings. The maximum absolute atomic E-state index is 12.7. The summed E-state index contributed by atoms with van der Waals surface area (Å²) in [6, 6.07) is 16.0. The van der Waals surface area contributed by atoms with E-state index in [0.29, 0.717) is 0 Å². The van der Waals surface area contributed by atoms with Gasteiger partial charge in [0.2, 0.25) is 5.82 Å². The number of hydrogen-bond donors (Lipinski definition) is 3. The summed E-state index contributed by atoms with van der Waals surface area (Å²) in [6.45, 7) is 1.67. The molecule has 1 saturated heterocycles. The lowest BCUT2D eigenvalue weighted by Crippen LogP contribution is -2.56. The predicted octanol–water partition coefficient (Wildman–Crippen LogP) is 2.48. The molecule has 180 valence electrons. The Morgan fingerprint density at radius 3 is 2.49 bits per heavy atom. The van der Waals surface area contributed by atoms with Gasteiger partial charge in [-0.1, -0.05) is 48.5 Å². The van der Waals surface area contributed by atoms with E-state index >= 15 is 0 Å². The number of morpholine rings is 1. The Bertz CT molecular complexity index is 1260. The number of ether oxygens (including phenoxy) is 2. The minimum atomic E-state index is -1.50. The molecule has 0 saturated carbocycles. The highest BCUT2D eigenvalue weighted by molar-refractivity contribution is 5.92. The summed E-state index contributed by atoms with van der Waals surface area (Å²) >= 11 is 0. The van der Waals surface area contributed by atoms with Crippen molar-refractivity contribution < 1.29 is 29.0 Å². The SMILES string of the molecule is CC1(C(=O)O)CN(C(=O)c2nc(NC(=O)OCC3c4ccccc4-c4ccccc43)n[nH]2)CCO1. The van der Waals surface area contributed by atoms with Crippen LogP contribution in [0.1, 0.15) is 34.6 Å². The number of aromatic nitrogens is 3. The smallest absolute Gasteiger partial charge is 0.414 e. The summed E-state index contributed by atoms with van der Waals surface area (Å²) in [7, 11) is 0. The number of nitrogens with one attached hydrogen (secondary N) is 2. The molecule has 3 N–H and O–H groups in total. The van der Waals surface area contributed by atoms with Crippen molar-refractivity contribution in [2.45, 2.75) is 18.4 Å². The van der Waals surface area contributed by atoms with Crippen LogP contribution in [-0.2, 0) is 14.3 Å². The summed E-state index contributed by atoms with van der Waals surface area (Å²) in [6.07, 6.45) is -0.755. The Labute approximate surface area is 200 Å². The topological polar surface area (TPSA) is 147 Å². The number of amides is 2. The molecule has 1 atom stereocenters. The van der Waals surface area contributed by atoms with E-state index in [-0.39, 0.29) is 44.0 Å². The second-order valence-electron chi connectivity index (χ2n) is 8.57. The molecule has 1 unspecified atom stereocenters. The van der Waals surface area contributed by atoms with Crippen LogP contribution in [0.3, 0.4) is 0 Å². The van der Waals surface area contributed by atoms with Gasteiger partial charge in [-0.3, -0.25) is 15.2 Å². The number of carboxylic acids is 1. The molecule has 2 amide bonds. The fourth-order valence-corrected chi connectivity index (χ4v) is 4.46. The number of hydrogen-bond acceptors (Lipinski definition) is 7. The van der Waals surface area contributed by atoms with Gasteiger partial charge in [-0.05, 0) is 29.2 Å². The second-order valence-corrected chi connectivity index (χ2v) is 8.57. The molecule has 3 aromatic rings. The van der Waals surface area contributed by atoms with Crippen molar-refractivity contribution in [3.63, 3.8) is 0 Å². The molecule has 35 heavy (non-hydrogen) atoms. The van der Waals surface area contributed by atoms with Gasteiger partial charge in [0.15, 0.2) is 5.60 Å². The average molecular weight is 477 g/mol. The first-order valence-corrected chi connectivity index (χ1v) is 11.1. The number of fused-ring (bicyclic) bond motifs is 3. The van der Waals surface area contributed by atoms with Crippen LogP contribution >= 0.6 is 0 Å². The zero-order valence-corrected chi connectivity index (χ0v) is 18.9. The third-order valence-electron chi connectivity index (χ3n) is 6.26. The Morgan fingerprint density at radius 1 is 1.17 bits per heavy atom. The number of anilines is 1. The highest BCUT2D eigenvalue weighted by Crippen LogP contribution is 2.44. The number of carbonyl (C=O) groups is 3. The lowest BCUT2D eigenvalue weighted by atomic mass is 9.98. The molecule has 1 fully saturated rings. The van der Waals surface area contributed by atoms with Crippen LogP contribution in [0.15, 0.2) is 48.5 Å². The van der Waals surface area contributed by atoms with Crippen molar-refractivity contribution in [3.05, 3.63) is 65.5 Å². The molecule has 0 bridgehead atoms. The molecule has 11 nitrogen and oxygen atoms in total. The van der Waals surface area contributed by atoms with E-state index in [2.05, 4.69) is 20.5 Å². The molecule has 11 heteroatoms. The standard InChI is InChI=1S/C24H23N5O6/c1-24(21(31)32)13-29(10-11-35-24)20(30)19-25-22(28-27-19)26-23(33)34-12-18-16-8-4-2-6-14(16)15-7-3-5-9-17(15)18/h2-9,18H,10-13H2,1H3,(H,31,32)(H2,25,26,27,28,33). The van der Waals surface area contributed by atoms with Crippen molar-refractivity contribution in [2.75, 3.05) is 31.6 Å². The molecule has 1 aromatic heterocycles. The fraction of sp³-hybridized carbons (Fsp3) is 0.292. The van der Waals surface area contributed by atoms with Gasteiger partial charge in [0.1, 0.15) is 6.61 Å². The van der Waals surface area contributed by atoms with Crippen LogP contribution in [0, 0.1) is 0 Å². The quantitative estimate of drug-likeness (QED) is 0.508. The number of aliphatic carboxylic acids is 1. The minimum Gasteiger partial charge on any atom is -0.479 e. The van der Waals surface area contributed by atoms with Gasteiger partial charge in [-0.2, -0.15) is 4.98 Å². The van der Waals surface area contributed by atoms with Crippen molar-refractivity contribution >= 4 is 23.9 Å². The van der Waals surface area contributed by atoms with Crippen LogP contribution in [-0.4, -0.2) is 75.1 Å². The largest absolute Gasteiger partial charge is 0.479 e. The highest BCUT2D eigenvalue weighted by Gasteiger charge is 2.41. The van der Waals surface area contributed by atoms with Gasteiger partial charge < -0.3 is 19.5 Å². The van der Waals surface area contributed by atoms with Crippen LogP contribution in [0.5, 0.6) is 0 Å². The molecule has 2 aromatic carbocycles. The number of carboxylic acid groups (broad SMARTS) is 1. The van der Waals surface area contributed by atoms with Gasteiger partial charge in [0.05, 0.1) is 13.2 Å². The van der Waals surface area contributed by atoms with E-state index in [9.17, 15) is 19.5 Å². The molecular formula is C24H23N5O6. The van der Waals surface area contributed by atoms with Crippen molar-refractivity contribution in [1.82, 2.24) is 20.1 Å². The van der Waals surface area contributed by atoms with Gasteiger partial charge in [-0.25, -0.2) is 9.59 Å². The monoisotopic (exact) mass is 477 g/mol. The van der Waals surface area contributed by atoms with Crippen LogP contribution in [0.2, 0.25) is 0 Å². The fourth-order valence-electron chi connectivity index (χ4n) is 4.46. The highest BCUT2D eigenvalue weighted by atomic mass is 16.5. The molecule has 2 heterocycles. The Morgan fingerprint density at radius 2 is 1.83 bits per heavy atom. The summed E-state index contributed by atoms with van der Waals surface area (Å²) in [5, 5.41) is 18.1. The summed E-state index contributed by atoms with van der Waals surface area (Å²) < 4.78 is 10.8. The number of H-pyrrole nitrogens is 1. The number of nitrogens with zero attached hydrogens (tertiary/aromatic N) is 3. The van der Waals surface area contributed by atoms with E-state index in [1.165, 1.54) is 11.8 Å². The molecule has 5 rings (SSSR count). The normalized spacial score (nSPS) is 19.1. The van der Waals surface area contributed by atoms with Crippen LogP contribution < -0.4 is 5.32 Å². The number of carbonyl (C=O) groups excluding carboxylic acids is 2. The van der Waals surface area contributed by atoms with E-state index in [0.717, 1.165) is 22.3 Å². The summed E-state index contributed by atoms with van der Waals surface area (Å²) in [5.74, 6) is -2.06. The maximum atomic E-state index is 12.7. The first kappa shape index (κ1) is 22.5. The van der Waals surface area contributed by atoms with Gasteiger partial charge >= 0.3 is 12.1 Å². The zero-order valence-electron chi connectivity index (χ0n) is 18.9. The molecular weight excluding hydrogens is 454 g/mol. The van der Waals surface area contributed by atoms with E-state index in [1.54, 1.807) is 0 Å². The zero-order chi connectivity index (χ0) is 24.6. The maximum Gasteiger partial charge on any atom is 0.414 e. The van der Waals surface area contributed by atoms with Crippen LogP contribution in [0.25, 0.3) is 11.1 Å². The third-order valence-corrected chi connectivity index (χ3v) is 6.26. The van der Waals surface area contributed by atoms with Crippen molar-refractivity contribution in [2.24, 2.45) is 0 Å². The Balaban J connectivity index is 1.21. The molecule has 1 aliphatic carbocycles. The first-order valence-electron chi connectivity index (χ1n) is 11.1. The lowest BCUT2D eigenvalue weighted by Gasteiger charge is -2.37. The van der Waals surface area contributed by atoms with E-state index < -0.39 is 23.6 Å². The van der Waals surface area contributed by atoms with E-state index in [4.69, 9.17) is 9.47 Å². The lowest BCUT2D eigenvalue weighted by molar-refractivity contribution is -0.171. The van der Waals surface area contributed by atoms with E-state index in [1.807, 2.05) is 48.5 Å². The number of benzene rings is 2. The van der Waals surface area contributed by atoms with Gasteiger partial charge in [0.25, 0.3) is 11.9 Å². The van der Waals surface area contributed by atoms with Crippen molar-refractivity contribution in [3.8, 4) is 11.1 Å². The second kappa shape index (κ2) is 8.84. The summed E-state index contributed by atoms with van der Waals surface area (Å²) in [5.41, 5.74) is 2.92. The van der Waals surface area contributed by atoms with Gasteiger partial charge in [-0.15, -0.1) is 5.10 Å². The Kier molecular flexibility index (Phi) is 5.69. The minimum absolute atomic E-state index is 0.0769. The Hall–Kier alpha value is -4.25. The summed E-state index contributed by atoms with van der Waals surface area (Å²) in [4.78, 5) is 41.9. The molecule has 0 radical (unpaired) electrons. The van der Waals surface area contributed by atoms with Gasteiger partial charge in [0, 0.05) is 12.5 Å². The number of aromatic amines is 1. The average Bonchev–Trinajstić information content (AvgIpc) is 3.45. The first-order chi connectivity index (χ1) is 16.9. The molecule has 0 spiro atoms.